The fourth-order valence-electron chi connectivity index (χ4n) is 4.86. The Labute approximate surface area is 269 Å². The van der Waals surface area contributed by atoms with E-state index in [4.69, 9.17) is 0 Å². The van der Waals surface area contributed by atoms with E-state index in [1.807, 2.05) is 0 Å². The molecule has 2 heteroatoms. The van der Waals surface area contributed by atoms with E-state index in [9.17, 15) is 0 Å². The van der Waals surface area contributed by atoms with Gasteiger partial charge in [-0.2, -0.15) is 0 Å². The SMILES string of the molecule is CCC(C)(C)/C(C)=C/C=C(C)/C(C)=C1\NC(c2ccccc2)=C(c2ccccc2)N\C1=C(C)/C(C)=C/C=C(\C)C(C)(C)CC. The molecule has 44 heavy (non-hydrogen) atoms. The molecule has 1 aliphatic heterocycles. The fourth-order valence-corrected chi connectivity index (χ4v) is 4.86. The van der Waals surface area contributed by atoms with Crippen molar-refractivity contribution in [1.82, 2.24) is 10.6 Å². The molecule has 0 bridgehead atoms. The van der Waals surface area contributed by atoms with Gasteiger partial charge in [0.25, 0.3) is 0 Å². The van der Waals surface area contributed by atoms with Crippen molar-refractivity contribution in [2.24, 2.45) is 10.8 Å². The van der Waals surface area contributed by atoms with Gasteiger partial charge in [0.2, 0.25) is 0 Å². The lowest BCUT2D eigenvalue weighted by molar-refractivity contribution is 0.429. The molecule has 2 aromatic carbocycles. The maximum absolute atomic E-state index is 3.95. The van der Waals surface area contributed by atoms with Gasteiger partial charge >= 0.3 is 0 Å². The van der Waals surface area contributed by atoms with Gasteiger partial charge < -0.3 is 10.6 Å². The van der Waals surface area contributed by atoms with E-state index in [1.165, 1.54) is 33.4 Å². The first kappa shape index (κ1) is 34.7. The lowest BCUT2D eigenvalue weighted by Gasteiger charge is -2.32. The standard InChI is InChI=1S/C42H56N2/c1-13-41(9,10)31(5)27-25-29(3)33(7)37-38(34(8)30(4)26-28-32(6)42(11,12)14-2)44-40(36-23-19-16-20-24-36)39(43-37)35-21-17-15-18-22-35/h15-28,43-44H,13-14H2,1-12H3/b29-25+,30-26+,31-27+,32-28+,37-33-,38-34-. The van der Waals surface area contributed by atoms with Crippen LogP contribution >= 0.6 is 0 Å². The fraction of sp³-hybridized carbons (Fsp3) is 0.381. The van der Waals surface area contributed by atoms with Crippen molar-refractivity contribution in [2.45, 2.75) is 95.9 Å². The number of allylic oxidation sites excluding steroid dienone is 10. The van der Waals surface area contributed by atoms with Gasteiger partial charge in [-0.3, -0.25) is 0 Å². The van der Waals surface area contributed by atoms with Gasteiger partial charge in [0.15, 0.2) is 0 Å². The molecule has 0 radical (unpaired) electrons. The molecular weight excluding hydrogens is 532 g/mol. The highest BCUT2D eigenvalue weighted by molar-refractivity contribution is 5.93. The van der Waals surface area contributed by atoms with Crippen LogP contribution in [0.4, 0.5) is 0 Å². The van der Waals surface area contributed by atoms with Crippen molar-refractivity contribution in [1.29, 1.82) is 0 Å². The largest absolute Gasteiger partial charge is 0.351 e. The van der Waals surface area contributed by atoms with Crippen molar-refractivity contribution in [3.05, 3.63) is 141 Å². The third-order valence-corrected chi connectivity index (χ3v) is 10.1. The number of benzene rings is 2. The molecule has 2 N–H and O–H groups in total. The van der Waals surface area contributed by atoms with E-state index in [0.717, 1.165) is 46.8 Å². The maximum Gasteiger partial charge on any atom is 0.0703 e. The molecular formula is C42H56N2. The zero-order valence-electron chi connectivity index (χ0n) is 29.5. The third kappa shape index (κ3) is 8.23. The van der Waals surface area contributed by atoms with Crippen molar-refractivity contribution in [2.75, 3.05) is 0 Å². The number of hydrogen-bond acceptors (Lipinski definition) is 2. The van der Waals surface area contributed by atoms with Crippen LogP contribution in [0, 0.1) is 10.8 Å². The topological polar surface area (TPSA) is 24.1 Å². The quantitative estimate of drug-likeness (QED) is 0.270. The van der Waals surface area contributed by atoms with Crippen LogP contribution in [0.15, 0.2) is 130 Å². The highest BCUT2D eigenvalue weighted by Crippen LogP contribution is 2.36. The molecule has 0 saturated carbocycles. The molecule has 0 fully saturated rings. The minimum atomic E-state index is 0.178. The predicted octanol–water partition coefficient (Wildman–Crippen LogP) is 11.9. The first-order chi connectivity index (χ1) is 20.7. The average molecular weight is 589 g/mol. The number of hydrogen-bond donors (Lipinski definition) is 2. The Morgan fingerprint density at radius 2 is 0.841 bits per heavy atom. The summed E-state index contributed by atoms with van der Waals surface area (Å²) in [6.45, 7) is 27.2. The summed E-state index contributed by atoms with van der Waals surface area (Å²) in [6, 6.07) is 21.3. The summed E-state index contributed by atoms with van der Waals surface area (Å²) in [5, 5.41) is 7.89. The summed E-state index contributed by atoms with van der Waals surface area (Å²) >= 11 is 0. The van der Waals surface area contributed by atoms with Crippen molar-refractivity contribution >= 4 is 11.4 Å². The molecule has 0 unspecified atom stereocenters. The molecule has 3 rings (SSSR count). The van der Waals surface area contributed by atoms with Gasteiger partial charge in [-0.25, -0.2) is 0 Å². The van der Waals surface area contributed by atoms with E-state index in [2.05, 4.69) is 179 Å². The first-order valence-electron chi connectivity index (χ1n) is 16.3. The van der Waals surface area contributed by atoms with E-state index in [-0.39, 0.29) is 10.8 Å². The Balaban J connectivity index is 2.30. The molecule has 0 saturated heterocycles. The van der Waals surface area contributed by atoms with Crippen molar-refractivity contribution < 1.29 is 0 Å². The summed E-state index contributed by atoms with van der Waals surface area (Å²) in [5.41, 5.74) is 14.7. The second-order valence-corrected chi connectivity index (χ2v) is 13.6. The van der Waals surface area contributed by atoms with Crippen LogP contribution in [0.1, 0.15) is 107 Å². The number of rotatable bonds is 10. The molecule has 0 aliphatic carbocycles. The molecule has 0 spiro atoms. The van der Waals surface area contributed by atoms with Gasteiger partial charge in [-0.05, 0) is 87.5 Å². The molecule has 1 aliphatic rings. The molecule has 2 nitrogen and oxygen atoms in total. The molecule has 0 aromatic heterocycles. The van der Waals surface area contributed by atoms with Gasteiger partial charge in [-0.1, -0.05) is 138 Å². The summed E-state index contributed by atoms with van der Waals surface area (Å²) in [5.74, 6) is 0. The van der Waals surface area contributed by atoms with Crippen LogP contribution < -0.4 is 10.6 Å². The van der Waals surface area contributed by atoms with Crippen LogP contribution in [-0.2, 0) is 0 Å². The van der Waals surface area contributed by atoms with Crippen LogP contribution in [-0.4, -0.2) is 0 Å². The Morgan fingerprint density at radius 1 is 0.523 bits per heavy atom. The van der Waals surface area contributed by atoms with Crippen LogP contribution in [0.25, 0.3) is 11.4 Å². The molecule has 1 heterocycles. The van der Waals surface area contributed by atoms with Crippen molar-refractivity contribution in [3.63, 3.8) is 0 Å². The first-order valence-corrected chi connectivity index (χ1v) is 16.3. The normalized spacial score (nSPS) is 18.2. The van der Waals surface area contributed by atoms with Gasteiger partial charge in [-0.15, -0.1) is 0 Å². The third-order valence-electron chi connectivity index (χ3n) is 10.1. The Kier molecular flexibility index (Phi) is 11.7. The molecule has 2 aromatic rings. The lowest BCUT2D eigenvalue weighted by Crippen LogP contribution is -2.32. The summed E-state index contributed by atoms with van der Waals surface area (Å²) in [6.07, 6.45) is 11.4. The maximum atomic E-state index is 3.95. The van der Waals surface area contributed by atoms with Crippen LogP contribution in [0.2, 0.25) is 0 Å². The predicted molar refractivity (Wildman–Crippen MR) is 195 cm³/mol. The molecule has 234 valence electrons. The van der Waals surface area contributed by atoms with Crippen LogP contribution in [0.5, 0.6) is 0 Å². The minimum Gasteiger partial charge on any atom is -0.351 e. The van der Waals surface area contributed by atoms with Crippen LogP contribution in [0.3, 0.4) is 0 Å². The average Bonchev–Trinajstić information content (AvgIpc) is 3.04. The monoisotopic (exact) mass is 588 g/mol. The Hall–Kier alpha value is -3.78. The summed E-state index contributed by atoms with van der Waals surface area (Å²) < 4.78 is 0. The smallest absolute Gasteiger partial charge is 0.0703 e. The van der Waals surface area contributed by atoms with Gasteiger partial charge in [0.05, 0.1) is 22.8 Å². The zero-order chi connectivity index (χ0) is 32.7. The second-order valence-electron chi connectivity index (χ2n) is 13.6. The minimum absolute atomic E-state index is 0.178. The summed E-state index contributed by atoms with van der Waals surface area (Å²) in [4.78, 5) is 0. The summed E-state index contributed by atoms with van der Waals surface area (Å²) in [7, 11) is 0. The van der Waals surface area contributed by atoms with Gasteiger partial charge in [0, 0.05) is 11.1 Å². The highest BCUT2D eigenvalue weighted by atomic mass is 15.1. The van der Waals surface area contributed by atoms with E-state index in [1.54, 1.807) is 0 Å². The number of nitrogens with one attached hydrogen (secondary N) is 2. The Morgan fingerprint density at radius 3 is 1.14 bits per heavy atom. The lowest BCUT2D eigenvalue weighted by atomic mass is 9.82. The molecule has 0 amide bonds. The van der Waals surface area contributed by atoms with E-state index >= 15 is 0 Å². The molecule has 0 atom stereocenters. The van der Waals surface area contributed by atoms with Crippen molar-refractivity contribution in [3.8, 4) is 0 Å². The van der Waals surface area contributed by atoms with E-state index < -0.39 is 0 Å². The van der Waals surface area contributed by atoms with Gasteiger partial charge in [0.1, 0.15) is 0 Å². The second kappa shape index (κ2) is 14.8. The zero-order valence-corrected chi connectivity index (χ0v) is 29.5. The Bertz CT molecular complexity index is 1410. The highest BCUT2D eigenvalue weighted by Gasteiger charge is 2.26. The van der Waals surface area contributed by atoms with E-state index in [0.29, 0.717) is 0 Å².